The molecule has 0 aromatic heterocycles. The summed E-state index contributed by atoms with van der Waals surface area (Å²) in [5.74, 6) is 0. The van der Waals surface area contributed by atoms with Gasteiger partial charge in [-0.15, -0.1) is 0 Å². The van der Waals surface area contributed by atoms with Gasteiger partial charge in [0.25, 0.3) is 0 Å². The Hall–Kier alpha value is -0.250. The van der Waals surface area contributed by atoms with E-state index in [4.69, 9.17) is 34.8 Å². The molecule has 1 N–H and O–H groups in total. The molecule has 5 heteroatoms. The summed E-state index contributed by atoms with van der Waals surface area (Å²) in [4.78, 5) is 0. The molecular formula is C16H15BrCl3N. The predicted molar refractivity (Wildman–Crippen MR) is 95.7 cm³/mol. The molecule has 21 heavy (non-hydrogen) atoms. The standard InChI is InChI=1S/C16H15BrCl3N/c1-2-21-16(12-8-10(17)6-7-15(12)20)9-11-13(18)4-3-5-14(11)19/h3-8,16,21H,2,9H2,1H3. The van der Waals surface area contributed by atoms with E-state index in [1.807, 2.05) is 36.4 Å². The first kappa shape index (κ1) is 17.1. The molecule has 0 spiro atoms. The lowest BCUT2D eigenvalue weighted by Gasteiger charge is -2.21. The van der Waals surface area contributed by atoms with Crippen molar-refractivity contribution in [1.29, 1.82) is 0 Å². The van der Waals surface area contributed by atoms with Gasteiger partial charge >= 0.3 is 0 Å². The minimum absolute atomic E-state index is 0.0531. The van der Waals surface area contributed by atoms with E-state index in [-0.39, 0.29) is 6.04 Å². The molecule has 2 aromatic carbocycles. The average Bonchev–Trinajstić information content (AvgIpc) is 2.44. The summed E-state index contributed by atoms with van der Waals surface area (Å²) >= 11 is 22.4. The maximum absolute atomic E-state index is 6.35. The molecule has 0 heterocycles. The lowest BCUT2D eigenvalue weighted by molar-refractivity contribution is 0.550. The second kappa shape index (κ2) is 7.85. The SMILES string of the molecule is CCNC(Cc1c(Cl)cccc1Cl)c1cc(Br)ccc1Cl. The minimum atomic E-state index is 0.0531. The van der Waals surface area contributed by atoms with Crippen molar-refractivity contribution in [3.8, 4) is 0 Å². The van der Waals surface area contributed by atoms with E-state index in [1.54, 1.807) is 0 Å². The van der Waals surface area contributed by atoms with Gasteiger partial charge in [-0.25, -0.2) is 0 Å². The third-order valence-corrected chi connectivity index (χ3v) is 4.80. The van der Waals surface area contributed by atoms with Crippen LogP contribution in [0.1, 0.15) is 24.1 Å². The van der Waals surface area contributed by atoms with E-state index in [0.29, 0.717) is 16.5 Å². The fraction of sp³-hybridized carbons (Fsp3) is 0.250. The fourth-order valence-corrected chi connectivity index (χ4v) is 3.43. The Morgan fingerprint density at radius 3 is 2.33 bits per heavy atom. The maximum Gasteiger partial charge on any atom is 0.0454 e. The van der Waals surface area contributed by atoms with Gasteiger partial charge in [-0.1, -0.05) is 63.7 Å². The highest BCUT2D eigenvalue weighted by Gasteiger charge is 2.18. The molecule has 2 aromatic rings. The average molecular weight is 408 g/mol. The summed E-state index contributed by atoms with van der Waals surface area (Å²) in [7, 11) is 0. The molecule has 0 saturated heterocycles. The molecule has 1 unspecified atom stereocenters. The van der Waals surface area contributed by atoms with Gasteiger partial charge in [-0.3, -0.25) is 0 Å². The molecule has 0 radical (unpaired) electrons. The molecule has 0 fully saturated rings. The smallest absolute Gasteiger partial charge is 0.0454 e. The van der Waals surface area contributed by atoms with Crippen molar-refractivity contribution in [1.82, 2.24) is 5.32 Å². The van der Waals surface area contributed by atoms with Crippen molar-refractivity contribution in [3.05, 3.63) is 67.1 Å². The van der Waals surface area contributed by atoms with Crippen molar-refractivity contribution in [2.24, 2.45) is 0 Å². The Morgan fingerprint density at radius 2 is 1.71 bits per heavy atom. The minimum Gasteiger partial charge on any atom is -0.310 e. The first-order valence-electron chi connectivity index (χ1n) is 6.64. The van der Waals surface area contributed by atoms with Crippen molar-refractivity contribution in [2.45, 2.75) is 19.4 Å². The zero-order valence-corrected chi connectivity index (χ0v) is 15.3. The molecule has 0 aliphatic carbocycles. The summed E-state index contributed by atoms with van der Waals surface area (Å²) < 4.78 is 0.995. The zero-order chi connectivity index (χ0) is 15.4. The molecule has 112 valence electrons. The van der Waals surface area contributed by atoms with Gasteiger partial charge < -0.3 is 5.32 Å². The van der Waals surface area contributed by atoms with Crippen LogP contribution in [0.4, 0.5) is 0 Å². The topological polar surface area (TPSA) is 12.0 Å². The molecule has 2 rings (SSSR count). The monoisotopic (exact) mass is 405 g/mol. The van der Waals surface area contributed by atoms with Crippen molar-refractivity contribution >= 4 is 50.7 Å². The van der Waals surface area contributed by atoms with Crippen LogP contribution in [0.25, 0.3) is 0 Å². The molecule has 0 saturated carbocycles. The van der Waals surface area contributed by atoms with E-state index < -0.39 is 0 Å². The number of hydrogen-bond acceptors (Lipinski definition) is 1. The van der Waals surface area contributed by atoms with Crippen LogP contribution in [-0.2, 0) is 6.42 Å². The molecule has 1 nitrogen and oxygen atoms in total. The number of nitrogens with one attached hydrogen (secondary N) is 1. The van der Waals surface area contributed by atoms with Crippen LogP contribution in [-0.4, -0.2) is 6.54 Å². The van der Waals surface area contributed by atoms with Crippen LogP contribution in [0.5, 0.6) is 0 Å². The highest BCUT2D eigenvalue weighted by molar-refractivity contribution is 9.10. The number of halogens is 4. The summed E-state index contributed by atoms with van der Waals surface area (Å²) in [6.07, 6.45) is 0.683. The summed E-state index contributed by atoms with van der Waals surface area (Å²) in [6, 6.07) is 11.5. The first-order chi connectivity index (χ1) is 10.0. The zero-order valence-electron chi connectivity index (χ0n) is 11.5. The van der Waals surface area contributed by atoms with Crippen LogP contribution in [0.15, 0.2) is 40.9 Å². The Labute approximate surface area is 148 Å². The van der Waals surface area contributed by atoms with E-state index in [0.717, 1.165) is 27.2 Å². The lowest BCUT2D eigenvalue weighted by Crippen LogP contribution is -2.23. The highest BCUT2D eigenvalue weighted by Crippen LogP contribution is 2.33. The van der Waals surface area contributed by atoms with E-state index in [9.17, 15) is 0 Å². The van der Waals surface area contributed by atoms with Crippen LogP contribution in [0.3, 0.4) is 0 Å². The van der Waals surface area contributed by atoms with Gasteiger partial charge in [0, 0.05) is 25.6 Å². The third kappa shape index (κ3) is 4.37. The van der Waals surface area contributed by atoms with Crippen LogP contribution in [0, 0.1) is 0 Å². The van der Waals surface area contributed by atoms with Gasteiger partial charge in [0.1, 0.15) is 0 Å². The molecule has 0 amide bonds. The molecule has 0 bridgehead atoms. The summed E-state index contributed by atoms with van der Waals surface area (Å²) in [6.45, 7) is 2.89. The van der Waals surface area contributed by atoms with E-state index >= 15 is 0 Å². The van der Waals surface area contributed by atoms with E-state index in [1.165, 1.54) is 0 Å². The summed E-state index contributed by atoms with van der Waals surface area (Å²) in [5.41, 5.74) is 1.96. The van der Waals surface area contributed by atoms with Crippen molar-refractivity contribution in [3.63, 3.8) is 0 Å². The van der Waals surface area contributed by atoms with E-state index in [2.05, 4.69) is 28.2 Å². The second-order valence-corrected chi connectivity index (χ2v) is 6.82. The van der Waals surface area contributed by atoms with Crippen LogP contribution >= 0.6 is 50.7 Å². The van der Waals surface area contributed by atoms with Crippen molar-refractivity contribution < 1.29 is 0 Å². The summed E-state index contributed by atoms with van der Waals surface area (Å²) in [5, 5.41) is 5.53. The van der Waals surface area contributed by atoms with Crippen LogP contribution < -0.4 is 5.32 Å². The van der Waals surface area contributed by atoms with Gasteiger partial charge in [-0.2, -0.15) is 0 Å². The molecule has 1 atom stereocenters. The first-order valence-corrected chi connectivity index (χ1v) is 8.56. The quantitative estimate of drug-likeness (QED) is 0.613. The Bertz CT molecular complexity index is 611. The second-order valence-electron chi connectivity index (χ2n) is 4.68. The van der Waals surface area contributed by atoms with Gasteiger partial charge in [0.2, 0.25) is 0 Å². The molecular weight excluding hydrogens is 392 g/mol. The Morgan fingerprint density at radius 1 is 1.05 bits per heavy atom. The van der Waals surface area contributed by atoms with Gasteiger partial charge in [0.05, 0.1) is 0 Å². The van der Waals surface area contributed by atoms with Gasteiger partial charge in [0.15, 0.2) is 0 Å². The normalized spacial score (nSPS) is 12.4. The largest absolute Gasteiger partial charge is 0.310 e. The third-order valence-electron chi connectivity index (χ3n) is 3.25. The Kier molecular flexibility index (Phi) is 6.39. The number of hydrogen-bond donors (Lipinski definition) is 1. The molecule has 0 aliphatic heterocycles. The highest BCUT2D eigenvalue weighted by atomic mass is 79.9. The van der Waals surface area contributed by atoms with Crippen molar-refractivity contribution in [2.75, 3.05) is 6.54 Å². The Balaban J connectivity index is 2.38. The number of benzene rings is 2. The molecule has 0 aliphatic rings. The number of likely N-dealkylation sites (N-methyl/N-ethyl adjacent to an activating group) is 1. The van der Waals surface area contributed by atoms with Crippen LogP contribution in [0.2, 0.25) is 15.1 Å². The number of rotatable bonds is 5. The lowest BCUT2D eigenvalue weighted by atomic mass is 9.98. The van der Waals surface area contributed by atoms with Gasteiger partial charge in [-0.05, 0) is 54.4 Å². The predicted octanol–water partition coefficient (Wildman–Crippen LogP) is 6.30. The fourth-order valence-electron chi connectivity index (χ4n) is 2.25. The maximum atomic E-state index is 6.35.